The molecule has 0 bridgehead atoms. The van der Waals surface area contributed by atoms with Crippen molar-refractivity contribution in [2.45, 2.75) is 31.1 Å². The van der Waals surface area contributed by atoms with Crippen LogP contribution in [0.4, 0.5) is 0 Å². The summed E-state index contributed by atoms with van der Waals surface area (Å²) in [6.45, 7) is 0. The lowest BCUT2D eigenvalue weighted by molar-refractivity contribution is 0.0692. The van der Waals surface area contributed by atoms with Gasteiger partial charge in [-0.2, -0.15) is 0 Å². The molecule has 2 aromatic carbocycles. The molecule has 166 valence electrons. The van der Waals surface area contributed by atoms with Crippen LogP contribution in [0.25, 0.3) is 0 Å². The van der Waals surface area contributed by atoms with E-state index in [1.165, 1.54) is 12.5 Å². The van der Waals surface area contributed by atoms with Crippen LogP contribution in [-0.4, -0.2) is 11.9 Å². The van der Waals surface area contributed by atoms with Crippen LogP contribution >= 0.6 is 0 Å². The van der Waals surface area contributed by atoms with Gasteiger partial charge in [0.05, 0.1) is 12.5 Å². The maximum atomic E-state index is 12.1. The number of carbonyl (C=O) groups is 2. The Morgan fingerprint density at radius 1 is 0.636 bits per heavy atom. The third kappa shape index (κ3) is 4.20. The second-order valence-electron chi connectivity index (χ2n) is 8.07. The minimum atomic E-state index is -0.525. The monoisotopic (exact) mass is 442 g/mol. The van der Waals surface area contributed by atoms with Crippen molar-refractivity contribution in [1.82, 2.24) is 0 Å². The van der Waals surface area contributed by atoms with Crippen LogP contribution in [0.15, 0.2) is 94.2 Å². The molecule has 33 heavy (non-hydrogen) atoms. The molecule has 0 radical (unpaired) electrons. The van der Waals surface area contributed by atoms with E-state index >= 15 is 0 Å². The second-order valence-corrected chi connectivity index (χ2v) is 8.07. The van der Waals surface area contributed by atoms with Gasteiger partial charge in [0, 0.05) is 5.41 Å². The maximum Gasteiger partial charge on any atom is 0.379 e. The standard InChI is InChI=1S/C27H22O6/c28-25(23-5-3-17-30-23)32-21-11-7-19(8-12-21)27(15-1-2-16-27)20-9-13-22(14-10-20)33-26(29)24-6-4-18-31-24/h3-14,17-18H,1-2,15-16H2. The summed E-state index contributed by atoms with van der Waals surface area (Å²) in [5.41, 5.74) is 2.20. The van der Waals surface area contributed by atoms with Gasteiger partial charge >= 0.3 is 11.9 Å². The van der Waals surface area contributed by atoms with Crippen LogP contribution in [0.3, 0.4) is 0 Å². The lowest BCUT2D eigenvalue weighted by Gasteiger charge is -2.30. The zero-order chi connectivity index (χ0) is 22.7. The van der Waals surface area contributed by atoms with Crippen molar-refractivity contribution < 1.29 is 27.9 Å². The van der Waals surface area contributed by atoms with Crippen LogP contribution in [-0.2, 0) is 5.41 Å². The first-order chi connectivity index (χ1) is 16.1. The molecule has 0 atom stereocenters. The van der Waals surface area contributed by atoms with E-state index in [4.69, 9.17) is 18.3 Å². The first kappa shape index (κ1) is 20.8. The van der Waals surface area contributed by atoms with Crippen molar-refractivity contribution in [2.75, 3.05) is 0 Å². The summed E-state index contributed by atoms with van der Waals surface area (Å²) in [5, 5.41) is 0. The molecular formula is C27H22O6. The van der Waals surface area contributed by atoms with Gasteiger partial charge in [0.25, 0.3) is 0 Å². The first-order valence-electron chi connectivity index (χ1n) is 10.9. The van der Waals surface area contributed by atoms with Gasteiger partial charge in [0.15, 0.2) is 0 Å². The average molecular weight is 442 g/mol. The van der Waals surface area contributed by atoms with E-state index in [1.54, 1.807) is 24.3 Å². The Hall–Kier alpha value is -4.06. The van der Waals surface area contributed by atoms with Gasteiger partial charge in [-0.3, -0.25) is 0 Å². The van der Waals surface area contributed by atoms with Gasteiger partial charge in [-0.15, -0.1) is 0 Å². The highest BCUT2D eigenvalue weighted by molar-refractivity contribution is 5.88. The Labute approximate surface area is 190 Å². The molecule has 1 saturated carbocycles. The quantitative estimate of drug-likeness (QED) is 0.262. The van der Waals surface area contributed by atoms with Crippen LogP contribution < -0.4 is 9.47 Å². The van der Waals surface area contributed by atoms with Gasteiger partial charge < -0.3 is 18.3 Å². The molecule has 0 spiro atoms. The molecule has 2 aromatic heterocycles. The zero-order valence-electron chi connectivity index (χ0n) is 17.9. The van der Waals surface area contributed by atoms with E-state index in [0.29, 0.717) is 11.5 Å². The fourth-order valence-electron chi connectivity index (χ4n) is 4.51. The summed E-state index contributed by atoms with van der Waals surface area (Å²) < 4.78 is 21.0. The molecule has 6 nitrogen and oxygen atoms in total. The maximum absolute atomic E-state index is 12.1. The third-order valence-electron chi connectivity index (χ3n) is 6.14. The van der Waals surface area contributed by atoms with Crippen LogP contribution in [0, 0.1) is 0 Å². The van der Waals surface area contributed by atoms with Crippen molar-refractivity contribution in [2.24, 2.45) is 0 Å². The Bertz CT molecular complexity index is 1120. The predicted molar refractivity (Wildman–Crippen MR) is 119 cm³/mol. The topological polar surface area (TPSA) is 78.9 Å². The largest absolute Gasteiger partial charge is 0.457 e. The molecule has 4 aromatic rings. The molecule has 0 saturated heterocycles. The van der Waals surface area contributed by atoms with E-state index in [-0.39, 0.29) is 16.9 Å². The lowest BCUT2D eigenvalue weighted by Crippen LogP contribution is -2.23. The smallest absolute Gasteiger partial charge is 0.379 e. The fraction of sp³-hybridized carbons (Fsp3) is 0.185. The minimum Gasteiger partial charge on any atom is -0.457 e. The molecule has 0 amide bonds. The number of carbonyl (C=O) groups excluding carboxylic acids is 2. The van der Waals surface area contributed by atoms with Crippen molar-refractivity contribution in [3.8, 4) is 11.5 Å². The average Bonchev–Trinajstić information content (AvgIpc) is 3.63. The van der Waals surface area contributed by atoms with Crippen molar-refractivity contribution >= 4 is 11.9 Å². The first-order valence-corrected chi connectivity index (χ1v) is 10.9. The number of hydrogen-bond acceptors (Lipinski definition) is 6. The molecule has 1 fully saturated rings. The van der Waals surface area contributed by atoms with Crippen LogP contribution in [0.2, 0.25) is 0 Å². The number of ether oxygens (including phenoxy) is 2. The molecular weight excluding hydrogens is 420 g/mol. The third-order valence-corrected chi connectivity index (χ3v) is 6.14. The van der Waals surface area contributed by atoms with Gasteiger partial charge in [-0.05, 0) is 72.5 Å². The summed E-state index contributed by atoms with van der Waals surface area (Å²) in [4.78, 5) is 24.3. The molecule has 5 rings (SSSR count). The molecule has 6 heteroatoms. The summed E-state index contributed by atoms with van der Waals surface area (Å²) in [5.74, 6) is 0.214. The van der Waals surface area contributed by atoms with Crippen LogP contribution in [0.1, 0.15) is 57.9 Å². The van der Waals surface area contributed by atoms with Gasteiger partial charge in [0.1, 0.15) is 11.5 Å². The molecule has 2 heterocycles. The number of esters is 2. The van der Waals surface area contributed by atoms with Gasteiger partial charge in [-0.1, -0.05) is 37.1 Å². The Morgan fingerprint density at radius 2 is 1.06 bits per heavy atom. The predicted octanol–water partition coefficient (Wildman–Crippen LogP) is 6.17. The molecule has 0 unspecified atom stereocenters. The van der Waals surface area contributed by atoms with E-state index in [1.807, 2.05) is 48.5 Å². The number of hydrogen-bond donors (Lipinski definition) is 0. The Morgan fingerprint density at radius 3 is 1.42 bits per heavy atom. The highest BCUT2D eigenvalue weighted by Crippen LogP contribution is 2.47. The lowest BCUT2D eigenvalue weighted by atomic mass is 9.73. The van der Waals surface area contributed by atoms with Gasteiger partial charge in [0.2, 0.25) is 11.5 Å². The van der Waals surface area contributed by atoms with Crippen LogP contribution in [0.5, 0.6) is 11.5 Å². The second kappa shape index (κ2) is 8.82. The van der Waals surface area contributed by atoms with E-state index in [2.05, 4.69) is 0 Å². The summed E-state index contributed by atoms with van der Waals surface area (Å²) in [6, 6.07) is 21.7. The number of furan rings is 2. The highest BCUT2D eigenvalue weighted by atomic mass is 16.6. The normalized spacial score (nSPS) is 14.7. The zero-order valence-corrected chi connectivity index (χ0v) is 17.9. The molecule has 0 N–H and O–H groups in total. The summed E-state index contributed by atoms with van der Waals surface area (Å²) in [7, 11) is 0. The molecule has 1 aliphatic rings. The summed E-state index contributed by atoms with van der Waals surface area (Å²) in [6.07, 6.45) is 7.17. The van der Waals surface area contributed by atoms with Crippen molar-refractivity contribution in [1.29, 1.82) is 0 Å². The Kier molecular flexibility index (Phi) is 5.57. The highest BCUT2D eigenvalue weighted by Gasteiger charge is 2.37. The Balaban J connectivity index is 1.34. The van der Waals surface area contributed by atoms with Gasteiger partial charge in [-0.25, -0.2) is 9.59 Å². The van der Waals surface area contributed by atoms with E-state index in [0.717, 1.165) is 36.8 Å². The fourth-order valence-corrected chi connectivity index (χ4v) is 4.51. The van der Waals surface area contributed by atoms with E-state index in [9.17, 15) is 9.59 Å². The molecule has 1 aliphatic carbocycles. The molecule has 0 aliphatic heterocycles. The minimum absolute atomic E-state index is 0.132. The summed E-state index contributed by atoms with van der Waals surface area (Å²) >= 11 is 0. The van der Waals surface area contributed by atoms with E-state index < -0.39 is 11.9 Å². The van der Waals surface area contributed by atoms with Crippen molar-refractivity contribution in [3.63, 3.8) is 0 Å². The SMILES string of the molecule is O=C(Oc1ccc(C2(c3ccc(OC(=O)c4ccco4)cc3)CCCC2)cc1)c1ccco1. The number of rotatable bonds is 6. The van der Waals surface area contributed by atoms with Crippen molar-refractivity contribution in [3.05, 3.63) is 108 Å². The number of benzene rings is 2.